The number of aromatic nitrogens is 1. The molecular weight excluding hydrogens is 292 g/mol. The van der Waals surface area contributed by atoms with Gasteiger partial charge < -0.3 is 14.6 Å². The van der Waals surface area contributed by atoms with Crippen LogP contribution in [0.15, 0.2) is 29.1 Å². The first-order chi connectivity index (χ1) is 10.8. The molecule has 1 unspecified atom stereocenters. The largest absolute Gasteiger partial charge is 0.444 e. The third kappa shape index (κ3) is 2.83. The molecule has 122 valence electrons. The quantitative estimate of drug-likeness (QED) is 0.926. The van der Waals surface area contributed by atoms with Crippen LogP contribution in [0.3, 0.4) is 0 Å². The van der Waals surface area contributed by atoms with E-state index in [-0.39, 0.29) is 11.6 Å². The highest BCUT2D eigenvalue weighted by Crippen LogP contribution is 2.34. The molecule has 1 atom stereocenters. The average molecular weight is 314 g/mol. The number of benzene rings is 1. The van der Waals surface area contributed by atoms with E-state index in [4.69, 9.17) is 4.74 Å². The fourth-order valence-electron chi connectivity index (χ4n) is 3.18. The van der Waals surface area contributed by atoms with Gasteiger partial charge in [-0.15, -0.1) is 0 Å². The van der Waals surface area contributed by atoms with E-state index in [2.05, 4.69) is 18.3 Å². The van der Waals surface area contributed by atoms with Crippen LogP contribution in [0.5, 0.6) is 0 Å². The molecular formula is C18H22N2O3. The Hall–Kier alpha value is -2.30. The van der Waals surface area contributed by atoms with Gasteiger partial charge in [-0.2, -0.15) is 0 Å². The molecule has 1 aliphatic rings. The summed E-state index contributed by atoms with van der Waals surface area (Å²) in [7, 11) is 0. The van der Waals surface area contributed by atoms with Crippen molar-refractivity contribution in [2.75, 3.05) is 0 Å². The second kappa shape index (κ2) is 5.41. The number of amides is 1. The SMILES string of the molecule is CCc1ccc2ccc(=O)n3c2c1C(NC(=O)OC(C)(C)C)C3. The molecule has 0 spiro atoms. The van der Waals surface area contributed by atoms with Crippen molar-refractivity contribution < 1.29 is 9.53 Å². The van der Waals surface area contributed by atoms with Crippen LogP contribution < -0.4 is 10.9 Å². The number of rotatable bonds is 2. The van der Waals surface area contributed by atoms with Gasteiger partial charge in [-0.1, -0.05) is 19.1 Å². The fourth-order valence-corrected chi connectivity index (χ4v) is 3.18. The summed E-state index contributed by atoms with van der Waals surface area (Å²) in [5.41, 5.74) is 2.52. The van der Waals surface area contributed by atoms with E-state index in [1.165, 1.54) is 0 Å². The number of ether oxygens (including phenoxy) is 1. The van der Waals surface area contributed by atoms with Gasteiger partial charge in [0.1, 0.15) is 5.60 Å². The lowest BCUT2D eigenvalue weighted by Crippen LogP contribution is -2.35. The smallest absolute Gasteiger partial charge is 0.408 e. The topological polar surface area (TPSA) is 60.3 Å². The van der Waals surface area contributed by atoms with Gasteiger partial charge in [0.2, 0.25) is 0 Å². The Morgan fingerprint density at radius 1 is 1.30 bits per heavy atom. The predicted molar refractivity (Wildman–Crippen MR) is 89.7 cm³/mol. The number of hydrogen-bond donors (Lipinski definition) is 1. The zero-order chi connectivity index (χ0) is 16.8. The molecule has 0 aliphatic carbocycles. The van der Waals surface area contributed by atoms with Crippen molar-refractivity contribution in [2.24, 2.45) is 0 Å². The highest BCUT2D eigenvalue weighted by atomic mass is 16.6. The minimum Gasteiger partial charge on any atom is -0.444 e. The van der Waals surface area contributed by atoms with Crippen LogP contribution in [-0.4, -0.2) is 16.3 Å². The Balaban J connectivity index is 2.03. The first kappa shape index (κ1) is 15.6. The van der Waals surface area contributed by atoms with Crippen molar-refractivity contribution in [3.63, 3.8) is 0 Å². The van der Waals surface area contributed by atoms with E-state index >= 15 is 0 Å². The van der Waals surface area contributed by atoms with Gasteiger partial charge in [0, 0.05) is 11.6 Å². The minimum absolute atomic E-state index is 0.0412. The molecule has 0 saturated heterocycles. The van der Waals surface area contributed by atoms with Gasteiger partial charge in [-0.25, -0.2) is 4.79 Å². The van der Waals surface area contributed by atoms with Crippen LogP contribution in [0.2, 0.25) is 0 Å². The molecule has 1 aromatic carbocycles. The van der Waals surface area contributed by atoms with Gasteiger partial charge in [-0.05, 0) is 44.2 Å². The Kier molecular flexibility index (Phi) is 3.66. The first-order valence-corrected chi connectivity index (χ1v) is 7.95. The molecule has 1 amide bonds. The standard InChI is InChI=1S/C18H22N2O3/c1-5-11-6-7-12-8-9-14(21)20-10-13(15(11)16(12)20)19-17(22)23-18(2,3)4/h6-9,13H,5,10H2,1-4H3,(H,19,22). The number of nitrogens with one attached hydrogen (secondary N) is 1. The lowest BCUT2D eigenvalue weighted by molar-refractivity contribution is 0.0501. The Morgan fingerprint density at radius 2 is 2.00 bits per heavy atom. The second-order valence-electron chi connectivity index (χ2n) is 6.91. The van der Waals surface area contributed by atoms with Crippen molar-refractivity contribution in [3.8, 4) is 0 Å². The maximum Gasteiger partial charge on any atom is 0.408 e. The maximum absolute atomic E-state index is 12.2. The highest BCUT2D eigenvalue weighted by Gasteiger charge is 2.30. The van der Waals surface area contributed by atoms with Crippen molar-refractivity contribution >= 4 is 17.0 Å². The Bertz CT molecular complexity index is 831. The normalized spacial score (nSPS) is 16.6. The monoisotopic (exact) mass is 314 g/mol. The van der Waals surface area contributed by atoms with Crippen LogP contribution in [-0.2, 0) is 17.7 Å². The van der Waals surface area contributed by atoms with Gasteiger partial charge in [0.05, 0.1) is 18.1 Å². The number of aryl methyl sites for hydroxylation is 1. The third-order valence-electron chi connectivity index (χ3n) is 4.07. The third-order valence-corrected chi connectivity index (χ3v) is 4.07. The maximum atomic E-state index is 12.2. The van der Waals surface area contributed by atoms with Gasteiger partial charge in [-0.3, -0.25) is 4.79 Å². The zero-order valence-corrected chi connectivity index (χ0v) is 14.0. The molecule has 5 heteroatoms. The molecule has 23 heavy (non-hydrogen) atoms. The number of carbonyl (C=O) groups excluding carboxylic acids is 1. The zero-order valence-electron chi connectivity index (χ0n) is 14.0. The van der Waals surface area contributed by atoms with Crippen molar-refractivity contribution in [2.45, 2.75) is 52.3 Å². The lowest BCUT2D eigenvalue weighted by Gasteiger charge is -2.22. The molecule has 1 N–H and O–H groups in total. The van der Waals surface area contributed by atoms with Crippen molar-refractivity contribution in [3.05, 3.63) is 45.7 Å². The molecule has 2 aromatic rings. The Morgan fingerprint density at radius 3 is 2.65 bits per heavy atom. The summed E-state index contributed by atoms with van der Waals surface area (Å²) in [6, 6.07) is 7.28. The summed E-state index contributed by atoms with van der Waals surface area (Å²) in [6.07, 6.45) is 0.392. The predicted octanol–water partition coefficient (Wildman–Crippen LogP) is 3.14. The molecule has 0 saturated carbocycles. The second-order valence-corrected chi connectivity index (χ2v) is 6.91. The molecule has 5 nitrogen and oxygen atoms in total. The van der Waals surface area contributed by atoms with Crippen LogP contribution >= 0.6 is 0 Å². The van der Waals surface area contributed by atoms with Crippen LogP contribution in [0.25, 0.3) is 10.9 Å². The summed E-state index contributed by atoms with van der Waals surface area (Å²) in [5, 5.41) is 3.94. The minimum atomic E-state index is -0.550. The molecule has 0 radical (unpaired) electrons. The lowest BCUT2D eigenvalue weighted by atomic mass is 9.98. The highest BCUT2D eigenvalue weighted by molar-refractivity contribution is 5.86. The summed E-state index contributed by atoms with van der Waals surface area (Å²) < 4.78 is 7.10. The average Bonchev–Trinajstić information content (AvgIpc) is 2.82. The fraction of sp³-hybridized carbons (Fsp3) is 0.444. The van der Waals surface area contributed by atoms with Crippen LogP contribution in [0.1, 0.15) is 44.9 Å². The molecule has 3 rings (SSSR count). The molecule has 0 bridgehead atoms. The van der Waals surface area contributed by atoms with E-state index in [0.717, 1.165) is 28.5 Å². The number of carbonyl (C=O) groups is 1. The Labute approximate surface area is 135 Å². The van der Waals surface area contributed by atoms with Crippen molar-refractivity contribution in [1.82, 2.24) is 9.88 Å². The van der Waals surface area contributed by atoms with Gasteiger partial charge in [0.15, 0.2) is 0 Å². The summed E-state index contributed by atoms with van der Waals surface area (Å²) >= 11 is 0. The summed E-state index contributed by atoms with van der Waals surface area (Å²) in [4.78, 5) is 24.3. The van der Waals surface area contributed by atoms with Crippen LogP contribution in [0.4, 0.5) is 4.79 Å². The van der Waals surface area contributed by atoms with E-state index in [9.17, 15) is 9.59 Å². The number of nitrogens with zero attached hydrogens (tertiary/aromatic N) is 1. The van der Waals surface area contributed by atoms with E-state index in [0.29, 0.717) is 6.54 Å². The summed E-state index contributed by atoms with van der Waals surface area (Å²) in [5.74, 6) is 0. The molecule has 2 heterocycles. The van der Waals surface area contributed by atoms with E-state index < -0.39 is 11.7 Å². The van der Waals surface area contributed by atoms with Crippen molar-refractivity contribution in [1.29, 1.82) is 0 Å². The molecule has 1 aliphatic heterocycles. The van der Waals surface area contributed by atoms with Crippen LogP contribution in [0, 0.1) is 0 Å². The van der Waals surface area contributed by atoms with Gasteiger partial charge >= 0.3 is 6.09 Å². The summed E-state index contributed by atoms with van der Waals surface area (Å²) in [6.45, 7) is 8.02. The number of hydrogen-bond acceptors (Lipinski definition) is 3. The number of alkyl carbamates (subject to hydrolysis) is 1. The first-order valence-electron chi connectivity index (χ1n) is 7.95. The van der Waals surface area contributed by atoms with E-state index in [1.54, 1.807) is 10.6 Å². The number of pyridine rings is 1. The molecule has 1 aromatic heterocycles. The van der Waals surface area contributed by atoms with E-state index in [1.807, 2.05) is 32.9 Å². The molecule has 0 fully saturated rings. The van der Waals surface area contributed by atoms with Gasteiger partial charge in [0.25, 0.3) is 5.56 Å².